The first-order chi connectivity index (χ1) is 12.4. The molecule has 2 saturated heterocycles. The summed E-state index contributed by atoms with van der Waals surface area (Å²) in [4.78, 5) is 40.2. The van der Waals surface area contributed by atoms with Crippen molar-refractivity contribution in [1.29, 1.82) is 0 Å². The van der Waals surface area contributed by atoms with Gasteiger partial charge in [-0.25, -0.2) is 0 Å². The number of carbonyl (C=O) groups excluding carboxylic acids is 2. The number of likely N-dealkylation sites (tertiary alicyclic amines) is 1. The van der Waals surface area contributed by atoms with Crippen LogP contribution in [0.2, 0.25) is 5.02 Å². The number of hydrogen-bond acceptors (Lipinski definition) is 3. The fourth-order valence-electron chi connectivity index (χ4n) is 4.73. The number of hydrogen-bond donors (Lipinski definition) is 1. The van der Waals surface area contributed by atoms with Gasteiger partial charge in [0.1, 0.15) is 0 Å². The molecule has 0 unspecified atom stereocenters. The quantitative estimate of drug-likeness (QED) is 0.879. The highest BCUT2D eigenvalue weighted by Gasteiger charge is 2.55. The Morgan fingerprint density at radius 3 is 2.73 bits per heavy atom. The van der Waals surface area contributed by atoms with Gasteiger partial charge in [-0.2, -0.15) is 0 Å². The van der Waals surface area contributed by atoms with E-state index < -0.39 is 11.4 Å². The molecule has 1 N–H and O–H groups in total. The van der Waals surface area contributed by atoms with E-state index in [1.54, 1.807) is 28.0 Å². The molecule has 4 rings (SSSR count). The van der Waals surface area contributed by atoms with E-state index in [9.17, 15) is 19.5 Å². The lowest BCUT2D eigenvalue weighted by molar-refractivity contribution is -0.149. The molecule has 3 aliphatic rings. The monoisotopic (exact) mass is 376 g/mol. The summed E-state index contributed by atoms with van der Waals surface area (Å²) in [5.41, 5.74) is 0.196. The molecule has 0 radical (unpaired) electrons. The first kappa shape index (κ1) is 17.3. The second kappa shape index (κ2) is 6.27. The van der Waals surface area contributed by atoms with Gasteiger partial charge in [-0.1, -0.05) is 18.0 Å². The molecule has 1 aromatic rings. The zero-order chi connectivity index (χ0) is 18.5. The molecule has 6 nitrogen and oxygen atoms in total. The highest BCUT2D eigenvalue weighted by Crippen LogP contribution is 2.49. The molecular formula is C19H21ClN2O4. The van der Waals surface area contributed by atoms with Crippen LogP contribution in [0.25, 0.3) is 0 Å². The van der Waals surface area contributed by atoms with Gasteiger partial charge in [0.25, 0.3) is 5.91 Å². The largest absolute Gasteiger partial charge is 0.481 e. The number of benzene rings is 1. The minimum absolute atomic E-state index is 0.00562. The van der Waals surface area contributed by atoms with Crippen LogP contribution in [0.15, 0.2) is 18.2 Å². The molecule has 0 aromatic heterocycles. The first-order valence-electron chi connectivity index (χ1n) is 9.05. The van der Waals surface area contributed by atoms with Gasteiger partial charge in [0, 0.05) is 31.7 Å². The molecular weight excluding hydrogens is 356 g/mol. The van der Waals surface area contributed by atoms with Gasteiger partial charge >= 0.3 is 5.97 Å². The average molecular weight is 377 g/mol. The number of amides is 2. The molecule has 3 fully saturated rings. The van der Waals surface area contributed by atoms with Crippen LogP contribution in [0.1, 0.15) is 42.5 Å². The predicted octanol–water partition coefficient (Wildman–Crippen LogP) is 2.79. The number of fused-ring (bicyclic) bond motifs is 1. The van der Waals surface area contributed by atoms with Crippen molar-refractivity contribution in [3.05, 3.63) is 28.8 Å². The average Bonchev–Trinajstić information content (AvgIpc) is 3.28. The van der Waals surface area contributed by atoms with E-state index in [0.29, 0.717) is 42.2 Å². The zero-order valence-electron chi connectivity index (χ0n) is 14.4. The van der Waals surface area contributed by atoms with Crippen LogP contribution in [0.5, 0.6) is 0 Å². The number of aliphatic carboxylic acids is 1. The van der Waals surface area contributed by atoms with Gasteiger partial charge in [0.05, 0.1) is 16.0 Å². The summed E-state index contributed by atoms with van der Waals surface area (Å²) >= 11 is 6.26. The van der Waals surface area contributed by atoms with Crippen LogP contribution >= 0.6 is 11.6 Å². The molecule has 7 heteroatoms. The van der Waals surface area contributed by atoms with E-state index in [1.807, 2.05) is 0 Å². The fourth-order valence-corrected chi connectivity index (χ4v) is 4.93. The predicted molar refractivity (Wildman–Crippen MR) is 96.4 cm³/mol. The minimum Gasteiger partial charge on any atom is -0.481 e. The molecule has 1 saturated carbocycles. The number of carboxylic acid groups (broad SMARTS) is 1. The van der Waals surface area contributed by atoms with Crippen molar-refractivity contribution in [3.63, 3.8) is 0 Å². The standard InChI is InChI=1S/C19H21ClN2O4/c20-15-6-5-13(22-8-2-4-16(22)23)9-14(15)17(24)21-10-12-3-1-7-19(12,11-21)18(25)26/h5-6,9,12H,1-4,7-8,10-11H2,(H,25,26)/t12-,19+/m0/s1. The third-order valence-corrected chi connectivity index (χ3v) is 6.48. The summed E-state index contributed by atoms with van der Waals surface area (Å²) in [6, 6.07) is 5.05. The summed E-state index contributed by atoms with van der Waals surface area (Å²) in [5.74, 6) is -1.01. The molecule has 2 aliphatic heterocycles. The van der Waals surface area contributed by atoms with Crippen molar-refractivity contribution in [3.8, 4) is 0 Å². The highest BCUT2D eigenvalue weighted by atomic mass is 35.5. The minimum atomic E-state index is -0.815. The first-order valence-corrected chi connectivity index (χ1v) is 9.43. The summed E-state index contributed by atoms with van der Waals surface area (Å²) in [6.07, 6.45) is 3.67. The normalized spacial score (nSPS) is 27.9. The molecule has 0 spiro atoms. The highest BCUT2D eigenvalue weighted by molar-refractivity contribution is 6.34. The molecule has 1 aromatic carbocycles. The molecule has 1 aliphatic carbocycles. The van der Waals surface area contributed by atoms with Gasteiger partial charge in [0.2, 0.25) is 5.91 Å². The molecule has 2 amide bonds. The number of carboxylic acids is 1. The maximum absolute atomic E-state index is 13.1. The Morgan fingerprint density at radius 1 is 1.27 bits per heavy atom. The number of carbonyl (C=O) groups is 3. The van der Waals surface area contributed by atoms with Gasteiger partial charge in [-0.3, -0.25) is 14.4 Å². The third kappa shape index (κ3) is 2.58. The summed E-state index contributed by atoms with van der Waals surface area (Å²) < 4.78 is 0. The van der Waals surface area contributed by atoms with E-state index in [0.717, 1.165) is 19.3 Å². The molecule has 0 bridgehead atoms. The number of nitrogens with zero attached hydrogens (tertiary/aromatic N) is 2. The number of rotatable bonds is 3. The van der Waals surface area contributed by atoms with Crippen LogP contribution in [-0.4, -0.2) is 47.4 Å². The van der Waals surface area contributed by atoms with Crippen molar-refractivity contribution in [2.75, 3.05) is 24.5 Å². The third-order valence-electron chi connectivity index (χ3n) is 6.15. The topological polar surface area (TPSA) is 77.9 Å². The van der Waals surface area contributed by atoms with Gasteiger partial charge < -0.3 is 14.9 Å². The van der Waals surface area contributed by atoms with E-state index in [4.69, 9.17) is 11.6 Å². The second-order valence-corrected chi connectivity index (χ2v) is 7.96. The second-order valence-electron chi connectivity index (χ2n) is 7.55. The van der Waals surface area contributed by atoms with Crippen LogP contribution < -0.4 is 4.90 Å². The Hall–Kier alpha value is -2.08. The molecule has 138 valence electrons. The van der Waals surface area contributed by atoms with E-state index in [2.05, 4.69) is 0 Å². The maximum Gasteiger partial charge on any atom is 0.311 e. The lowest BCUT2D eigenvalue weighted by Crippen LogP contribution is -2.37. The van der Waals surface area contributed by atoms with Crippen molar-refractivity contribution < 1.29 is 19.5 Å². The van der Waals surface area contributed by atoms with Gasteiger partial charge in [-0.15, -0.1) is 0 Å². The number of anilines is 1. The van der Waals surface area contributed by atoms with Crippen molar-refractivity contribution in [2.45, 2.75) is 32.1 Å². The van der Waals surface area contributed by atoms with E-state index >= 15 is 0 Å². The lowest BCUT2D eigenvalue weighted by atomic mass is 9.81. The van der Waals surface area contributed by atoms with Crippen molar-refractivity contribution in [2.24, 2.45) is 11.3 Å². The Kier molecular flexibility index (Phi) is 4.18. The Morgan fingerprint density at radius 2 is 2.08 bits per heavy atom. The van der Waals surface area contributed by atoms with Crippen LogP contribution in [-0.2, 0) is 9.59 Å². The van der Waals surface area contributed by atoms with Crippen LogP contribution in [0, 0.1) is 11.3 Å². The Bertz CT molecular complexity index is 796. The zero-order valence-corrected chi connectivity index (χ0v) is 15.2. The molecule has 26 heavy (non-hydrogen) atoms. The molecule has 2 heterocycles. The summed E-state index contributed by atoms with van der Waals surface area (Å²) in [6.45, 7) is 1.32. The van der Waals surface area contributed by atoms with Crippen molar-refractivity contribution in [1.82, 2.24) is 4.90 Å². The Balaban J connectivity index is 1.61. The Labute approximate surface area is 156 Å². The lowest BCUT2D eigenvalue weighted by Gasteiger charge is -2.24. The van der Waals surface area contributed by atoms with E-state index in [1.165, 1.54) is 0 Å². The maximum atomic E-state index is 13.1. The van der Waals surface area contributed by atoms with Crippen LogP contribution in [0.3, 0.4) is 0 Å². The SMILES string of the molecule is O=C(c1cc(N2CCCC2=O)ccc1Cl)N1C[C@@H]2CCC[C@@]2(C(=O)O)C1. The van der Waals surface area contributed by atoms with E-state index in [-0.39, 0.29) is 24.3 Å². The van der Waals surface area contributed by atoms with Crippen molar-refractivity contribution >= 4 is 35.1 Å². The van der Waals surface area contributed by atoms with Crippen LogP contribution in [0.4, 0.5) is 5.69 Å². The summed E-state index contributed by atoms with van der Waals surface area (Å²) in [5, 5.41) is 10.0. The smallest absolute Gasteiger partial charge is 0.311 e. The molecule has 2 atom stereocenters. The summed E-state index contributed by atoms with van der Waals surface area (Å²) in [7, 11) is 0. The fraction of sp³-hybridized carbons (Fsp3) is 0.526. The number of halogens is 1. The van der Waals surface area contributed by atoms with Gasteiger partial charge in [-0.05, 0) is 43.4 Å². The van der Waals surface area contributed by atoms with Gasteiger partial charge in [0.15, 0.2) is 0 Å².